The molecule has 0 amide bonds. The van der Waals surface area contributed by atoms with Crippen molar-refractivity contribution in [2.24, 2.45) is 5.92 Å². The molecule has 106 valence electrons. The summed E-state index contributed by atoms with van der Waals surface area (Å²) in [6.45, 7) is 4.46. The van der Waals surface area contributed by atoms with E-state index in [1.54, 1.807) is 0 Å². The second-order valence-corrected chi connectivity index (χ2v) is 5.62. The zero-order valence-corrected chi connectivity index (χ0v) is 11.5. The molecule has 0 unspecified atom stereocenters. The summed E-state index contributed by atoms with van der Waals surface area (Å²) in [6, 6.07) is 4.04. The van der Waals surface area contributed by atoms with Crippen LogP contribution in [-0.4, -0.2) is 33.0 Å². The van der Waals surface area contributed by atoms with Crippen molar-refractivity contribution in [3.63, 3.8) is 0 Å². The smallest absolute Gasteiger partial charge is 0.306 e. The fourth-order valence-corrected chi connectivity index (χ4v) is 2.72. The first kappa shape index (κ1) is 13.9. The van der Waals surface area contributed by atoms with Crippen LogP contribution in [-0.2, 0) is 4.79 Å². The van der Waals surface area contributed by atoms with Crippen LogP contribution in [0.5, 0.6) is 0 Å². The molecule has 5 nitrogen and oxygen atoms in total. The van der Waals surface area contributed by atoms with Gasteiger partial charge in [0, 0.05) is 11.4 Å². The van der Waals surface area contributed by atoms with Crippen LogP contribution in [0.3, 0.4) is 0 Å². The van der Waals surface area contributed by atoms with Crippen LogP contribution < -0.4 is 5.43 Å². The van der Waals surface area contributed by atoms with Gasteiger partial charge < -0.3 is 15.6 Å². The summed E-state index contributed by atoms with van der Waals surface area (Å²) in [5, 5.41) is 19.4. The Kier molecular flexibility index (Phi) is 3.85. The van der Waals surface area contributed by atoms with Crippen molar-refractivity contribution in [2.45, 2.75) is 45.1 Å². The van der Waals surface area contributed by atoms with Crippen molar-refractivity contribution < 1.29 is 15.0 Å². The molecule has 0 bridgehead atoms. The highest BCUT2D eigenvalue weighted by Gasteiger charge is 2.35. The molecule has 0 spiro atoms. The van der Waals surface area contributed by atoms with E-state index < -0.39 is 11.6 Å². The highest BCUT2D eigenvalue weighted by atomic mass is 16.4. The van der Waals surface area contributed by atoms with Gasteiger partial charge in [-0.25, -0.2) is 0 Å². The van der Waals surface area contributed by atoms with Crippen LogP contribution in [0.2, 0.25) is 0 Å². The number of nitrogens with one attached hydrogen (secondary N) is 1. The molecule has 1 aromatic rings. The Balaban J connectivity index is 1.91. The maximum atomic E-state index is 10.9. The predicted molar refractivity (Wildman–Crippen MR) is 72.7 cm³/mol. The molecular formula is C14H22N2O3. The Morgan fingerprint density at radius 1 is 1.37 bits per heavy atom. The number of carboxylic acids is 1. The van der Waals surface area contributed by atoms with Gasteiger partial charge in [0.25, 0.3) is 0 Å². The first-order valence-electron chi connectivity index (χ1n) is 6.75. The molecule has 19 heavy (non-hydrogen) atoms. The average molecular weight is 266 g/mol. The van der Waals surface area contributed by atoms with E-state index in [0.717, 1.165) is 11.4 Å². The number of rotatable bonds is 4. The third-order valence-corrected chi connectivity index (χ3v) is 4.10. The summed E-state index contributed by atoms with van der Waals surface area (Å²) in [5.41, 5.74) is 4.63. The molecule has 0 saturated heterocycles. The Morgan fingerprint density at radius 2 is 1.89 bits per heavy atom. The number of aryl methyl sites for hydroxylation is 2. The third kappa shape index (κ3) is 3.10. The van der Waals surface area contributed by atoms with Gasteiger partial charge in [0.1, 0.15) is 0 Å². The number of hydrogen-bond acceptors (Lipinski definition) is 3. The summed E-state index contributed by atoms with van der Waals surface area (Å²) in [7, 11) is 0. The molecule has 1 fully saturated rings. The van der Waals surface area contributed by atoms with Crippen molar-refractivity contribution in [3.8, 4) is 0 Å². The SMILES string of the molecule is Cc1ccc(C)n1NCC1(O)CCC(C(=O)O)CC1. The summed E-state index contributed by atoms with van der Waals surface area (Å²) in [6.07, 6.45) is 2.18. The van der Waals surface area contributed by atoms with Gasteiger partial charge in [-0.1, -0.05) is 0 Å². The van der Waals surface area contributed by atoms with Crippen LogP contribution in [0.4, 0.5) is 0 Å². The van der Waals surface area contributed by atoms with Gasteiger partial charge >= 0.3 is 5.97 Å². The van der Waals surface area contributed by atoms with E-state index in [4.69, 9.17) is 5.11 Å². The van der Waals surface area contributed by atoms with Crippen molar-refractivity contribution in [3.05, 3.63) is 23.5 Å². The van der Waals surface area contributed by atoms with E-state index in [0.29, 0.717) is 32.2 Å². The molecule has 0 atom stereocenters. The van der Waals surface area contributed by atoms with Crippen molar-refractivity contribution in [1.82, 2.24) is 4.68 Å². The quantitative estimate of drug-likeness (QED) is 0.774. The fraction of sp³-hybridized carbons (Fsp3) is 0.643. The Hall–Kier alpha value is -1.49. The first-order valence-corrected chi connectivity index (χ1v) is 6.75. The second-order valence-electron chi connectivity index (χ2n) is 5.62. The van der Waals surface area contributed by atoms with Crippen molar-refractivity contribution in [1.29, 1.82) is 0 Å². The minimum atomic E-state index is -0.797. The van der Waals surface area contributed by atoms with Crippen LogP contribution >= 0.6 is 0 Å². The topological polar surface area (TPSA) is 74.5 Å². The van der Waals surface area contributed by atoms with Crippen LogP contribution in [0.25, 0.3) is 0 Å². The van der Waals surface area contributed by atoms with E-state index in [1.807, 2.05) is 30.7 Å². The number of nitrogens with zero attached hydrogens (tertiary/aromatic N) is 1. The Labute approximate surface area is 113 Å². The summed E-state index contributed by atoms with van der Waals surface area (Å²) in [5.74, 6) is -1.04. The monoisotopic (exact) mass is 266 g/mol. The molecule has 1 heterocycles. The number of hydrogen-bond donors (Lipinski definition) is 3. The van der Waals surface area contributed by atoms with Gasteiger partial charge in [-0.3, -0.25) is 9.47 Å². The number of carboxylic acid groups (broad SMARTS) is 1. The number of aliphatic hydroxyl groups is 1. The van der Waals surface area contributed by atoms with Gasteiger partial charge in [-0.2, -0.15) is 0 Å². The van der Waals surface area contributed by atoms with E-state index in [9.17, 15) is 9.90 Å². The molecule has 5 heteroatoms. The van der Waals surface area contributed by atoms with Crippen molar-refractivity contribution >= 4 is 5.97 Å². The molecule has 1 aromatic heterocycles. The van der Waals surface area contributed by atoms with E-state index in [2.05, 4.69) is 5.43 Å². The minimum Gasteiger partial charge on any atom is -0.481 e. The van der Waals surface area contributed by atoms with Crippen molar-refractivity contribution in [2.75, 3.05) is 12.0 Å². The average Bonchev–Trinajstić information content (AvgIpc) is 2.67. The van der Waals surface area contributed by atoms with E-state index in [-0.39, 0.29) is 5.92 Å². The molecule has 3 N–H and O–H groups in total. The van der Waals surface area contributed by atoms with Gasteiger partial charge in [0.15, 0.2) is 0 Å². The molecule has 1 aliphatic rings. The Morgan fingerprint density at radius 3 is 2.37 bits per heavy atom. The molecule has 0 aliphatic heterocycles. The number of aromatic nitrogens is 1. The Bertz CT molecular complexity index is 440. The van der Waals surface area contributed by atoms with Crippen LogP contribution in [0.15, 0.2) is 12.1 Å². The van der Waals surface area contributed by atoms with Gasteiger partial charge in [0.2, 0.25) is 0 Å². The second kappa shape index (κ2) is 5.25. The lowest BCUT2D eigenvalue weighted by Crippen LogP contribution is -2.44. The van der Waals surface area contributed by atoms with E-state index >= 15 is 0 Å². The molecule has 0 aromatic carbocycles. The lowest BCUT2D eigenvalue weighted by atomic mass is 9.79. The molecule has 1 saturated carbocycles. The summed E-state index contributed by atoms with van der Waals surface area (Å²) < 4.78 is 1.96. The zero-order valence-electron chi connectivity index (χ0n) is 11.5. The molecule has 2 rings (SSSR count). The highest BCUT2D eigenvalue weighted by Crippen LogP contribution is 2.32. The van der Waals surface area contributed by atoms with Crippen LogP contribution in [0.1, 0.15) is 37.1 Å². The van der Waals surface area contributed by atoms with Gasteiger partial charge in [0.05, 0.1) is 18.1 Å². The largest absolute Gasteiger partial charge is 0.481 e. The normalized spacial score (nSPS) is 27.2. The first-order chi connectivity index (χ1) is 8.91. The third-order valence-electron chi connectivity index (χ3n) is 4.10. The summed E-state index contributed by atoms with van der Waals surface area (Å²) in [4.78, 5) is 10.9. The maximum Gasteiger partial charge on any atom is 0.306 e. The van der Waals surface area contributed by atoms with E-state index in [1.165, 1.54) is 0 Å². The number of aliphatic carboxylic acids is 1. The molecular weight excluding hydrogens is 244 g/mol. The van der Waals surface area contributed by atoms with Crippen LogP contribution in [0, 0.1) is 19.8 Å². The number of carbonyl (C=O) groups is 1. The minimum absolute atomic E-state index is 0.296. The lowest BCUT2D eigenvalue weighted by Gasteiger charge is -2.35. The summed E-state index contributed by atoms with van der Waals surface area (Å²) >= 11 is 0. The highest BCUT2D eigenvalue weighted by molar-refractivity contribution is 5.70. The molecule has 1 aliphatic carbocycles. The fourth-order valence-electron chi connectivity index (χ4n) is 2.72. The molecule has 0 radical (unpaired) electrons. The van der Waals surface area contributed by atoms with Gasteiger partial charge in [-0.15, -0.1) is 0 Å². The lowest BCUT2D eigenvalue weighted by molar-refractivity contribution is -0.144. The van der Waals surface area contributed by atoms with Gasteiger partial charge in [-0.05, 0) is 51.7 Å². The predicted octanol–water partition coefficient (Wildman–Crippen LogP) is 1.65. The zero-order chi connectivity index (χ0) is 14.0. The maximum absolute atomic E-state index is 10.9. The standard InChI is InChI=1S/C14H22N2O3/c1-10-3-4-11(2)16(10)15-9-14(19)7-5-12(6-8-14)13(17)18/h3-4,12,15,19H,5-9H2,1-2H3,(H,17,18).